The van der Waals surface area contributed by atoms with Crippen LogP contribution in [-0.2, 0) is 21.5 Å². The summed E-state index contributed by atoms with van der Waals surface area (Å²) in [5.41, 5.74) is 6.09. The highest BCUT2D eigenvalue weighted by Crippen LogP contribution is 2.39. The van der Waals surface area contributed by atoms with E-state index in [4.69, 9.17) is 5.73 Å². The van der Waals surface area contributed by atoms with Crippen molar-refractivity contribution >= 4 is 17.8 Å². The molecule has 6 nitrogen and oxygen atoms in total. The van der Waals surface area contributed by atoms with Crippen molar-refractivity contribution in [2.24, 2.45) is 5.73 Å². The molecule has 0 unspecified atom stereocenters. The van der Waals surface area contributed by atoms with E-state index in [-0.39, 0.29) is 18.9 Å². The van der Waals surface area contributed by atoms with Crippen LogP contribution in [0.15, 0.2) is 24.3 Å². The van der Waals surface area contributed by atoms with Gasteiger partial charge in [-0.25, -0.2) is 4.79 Å². The summed E-state index contributed by atoms with van der Waals surface area (Å²) >= 11 is 0. The Balaban J connectivity index is 1.95. The lowest BCUT2D eigenvalue weighted by molar-refractivity contribution is -0.132. The third-order valence-corrected chi connectivity index (χ3v) is 4.23. The quantitative estimate of drug-likeness (QED) is 0.799. The minimum absolute atomic E-state index is 0.0170. The SMILES string of the molecule is NC(=O)CCN1C(=O)N[C@@]2(CCCc3ccccc32)C1=O. The van der Waals surface area contributed by atoms with Gasteiger partial charge in [0.05, 0.1) is 0 Å². The molecule has 1 aliphatic heterocycles. The minimum Gasteiger partial charge on any atom is -0.370 e. The van der Waals surface area contributed by atoms with Gasteiger partial charge >= 0.3 is 6.03 Å². The Hall–Kier alpha value is -2.37. The number of hydrogen-bond acceptors (Lipinski definition) is 3. The maximum atomic E-state index is 12.8. The number of benzene rings is 1. The molecule has 1 aliphatic carbocycles. The average molecular weight is 287 g/mol. The normalized spacial score (nSPS) is 24.1. The first kappa shape index (κ1) is 13.6. The Bertz CT molecular complexity index is 628. The van der Waals surface area contributed by atoms with E-state index in [1.165, 1.54) is 0 Å². The van der Waals surface area contributed by atoms with Crippen LogP contribution in [-0.4, -0.2) is 29.3 Å². The fraction of sp³-hybridized carbons (Fsp3) is 0.400. The summed E-state index contributed by atoms with van der Waals surface area (Å²) in [6, 6.07) is 7.24. The van der Waals surface area contributed by atoms with Gasteiger partial charge in [-0.3, -0.25) is 14.5 Å². The standard InChI is InChI=1S/C15H17N3O3/c16-12(19)7-9-18-13(20)15(17-14(18)21)8-3-5-10-4-1-2-6-11(10)15/h1-2,4,6H,3,5,7-9H2,(H2,16,19)(H,17,21)/t15-/m1/s1. The molecule has 0 saturated carbocycles. The van der Waals surface area contributed by atoms with Crippen LogP contribution < -0.4 is 11.1 Å². The fourth-order valence-corrected chi connectivity index (χ4v) is 3.24. The maximum Gasteiger partial charge on any atom is 0.325 e. The number of nitrogens with two attached hydrogens (primary N) is 1. The van der Waals surface area contributed by atoms with Crippen molar-refractivity contribution in [3.05, 3.63) is 35.4 Å². The first-order valence-corrected chi connectivity index (χ1v) is 7.05. The van der Waals surface area contributed by atoms with E-state index >= 15 is 0 Å². The molecule has 6 heteroatoms. The van der Waals surface area contributed by atoms with Crippen LogP contribution in [0.2, 0.25) is 0 Å². The lowest BCUT2D eigenvalue weighted by Crippen LogP contribution is -2.46. The van der Waals surface area contributed by atoms with Gasteiger partial charge in [-0.05, 0) is 30.4 Å². The molecular formula is C15H17N3O3. The first-order valence-electron chi connectivity index (χ1n) is 7.05. The molecule has 2 aliphatic rings. The predicted octanol–water partition coefficient (Wildman–Crippen LogP) is 0.645. The molecule has 0 bridgehead atoms. The number of rotatable bonds is 3. The molecule has 1 fully saturated rings. The van der Waals surface area contributed by atoms with Crippen LogP contribution in [0.1, 0.15) is 30.4 Å². The Kier molecular flexibility index (Phi) is 3.16. The molecule has 3 rings (SSSR count). The van der Waals surface area contributed by atoms with Crippen LogP contribution in [0.3, 0.4) is 0 Å². The molecule has 1 spiro atoms. The molecule has 1 saturated heterocycles. The molecule has 1 aromatic carbocycles. The molecule has 0 radical (unpaired) electrons. The van der Waals surface area contributed by atoms with E-state index in [2.05, 4.69) is 5.32 Å². The monoisotopic (exact) mass is 287 g/mol. The van der Waals surface area contributed by atoms with Gasteiger partial charge in [0.15, 0.2) is 0 Å². The van der Waals surface area contributed by atoms with Gasteiger partial charge < -0.3 is 11.1 Å². The Morgan fingerprint density at radius 2 is 2.10 bits per heavy atom. The second-order valence-electron chi connectivity index (χ2n) is 5.52. The molecule has 110 valence electrons. The van der Waals surface area contributed by atoms with Crippen LogP contribution in [0, 0.1) is 0 Å². The van der Waals surface area contributed by atoms with Gasteiger partial charge in [-0.2, -0.15) is 0 Å². The number of amides is 4. The summed E-state index contributed by atoms with van der Waals surface area (Å²) in [5, 5.41) is 2.83. The molecule has 4 amide bonds. The topological polar surface area (TPSA) is 92.5 Å². The molecule has 0 aromatic heterocycles. The van der Waals surface area contributed by atoms with Crippen molar-refractivity contribution in [3.63, 3.8) is 0 Å². The third-order valence-electron chi connectivity index (χ3n) is 4.23. The van der Waals surface area contributed by atoms with Crippen molar-refractivity contribution in [1.82, 2.24) is 10.2 Å². The van der Waals surface area contributed by atoms with Crippen LogP contribution in [0.5, 0.6) is 0 Å². The van der Waals surface area contributed by atoms with E-state index in [0.717, 1.165) is 28.9 Å². The number of carbonyl (C=O) groups is 3. The Morgan fingerprint density at radius 1 is 1.33 bits per heavy atom. The zero-order chi connectivity index (χ0) is 15.0. The van der Waals surface area contributed by atoms with Gasteiger partial charge in [0.25, 0.3) is 5.91 Å². The van der Waals surface area contributed by atoms with Crippen molar-refractivity contribution in [2.75, 3.05) is 6.54 Å². The van der Waals surface area contributed by atoms with Crippen LogP contribution >= 0.6 is 0 Å². The first-order chi connectivity index (χ1) is 10.0. The molecular weight excluding hydrogens is 270 g/mol. The number of nitrogens with zero attached hydrogens (tertiary/aromatic N) is 1. The summed E-state index contributed by atoms with van der Waals surface area (Å²) in [7, 11) is 0. The average Bonchev–Trinajstić information content (AvgIpc) is 2.69. The molecule has 1 heterocycles. The van der Waals surface area contributed by atoms with Crippen molar-refractivity contribution < 1.29 is 14.4 Å². The second-order valence-corrected chi connectivity index (χ2v) is 5.52. The second kappa shape index (κ2) is 4.87. The number of fused-ring (bicyclic) bond motifs is 2. The largest absolute Gasteiger partial charge is 0.370 e. The molecule has 1 atom stereocenters. The highest BCUT2D eigenvalue weighted by atomic mass is 16.2. The Labute approximate surface area is 122 Å². The summed E-state index contributed by atoms with van der Waals surface area (Å²) in [5.74, 6) is -0.804. The molecule has 3 N–H and O–H groups in total. The lowest BCUT2D eigenvalue weighted by Gasteiger charge is -2.33. The number of aryl methyl sites for hydroxylation is 1. The van der Waals surface area contributed by atoms with Crippen molar-refractivity contribution in [3.8, 4) is 0 Å². The predicted molar refractivity (Wildman–Crippen MR) is 75.1 cm³/mol. The van der Waals surface area contributed by atoms with Gasteiger partial charge in [-0.15, -0.1) is 0 Å². The number of primary amides is 1. The van der Waals surface area contributed by atoms with Gasteiger partial charge in [-0.1, -0.05) is 24.3 Å². The number of nitrogens with one attached hydrogen (secondary N) is 1. The zero-order valence-corrected chi connectivity index (χ0v) is 11.6. The van der Waals surface area contributed by atoms with Crippen molar-refractivity contribution in [2.45, 2.75) is 31.2 Å². The fourth-order valence-electron chi connectivity index (χ4n) is 3.24. The lowest BCUT2D eigenvalue weighted by atomic mass is 9.76. The van der Waals surface area contributed by atoms with Gasteiger partial charge in [0.2, 0.25) is 5.91 Å². The number of carbonyl (C=O) groups excluding carboxylic acids is 3. The van der Waals surface area contributed by atoms with Crippen molar-refractivity contribution in [1.29, 1.82) is 0 Å². The number of urea groups is 1. The van der Waals surface area contributed by atoms with Crippen LogP contribution in [0.4, 0.5) is 4.79 Å². The summed E-state index contributed by atoms with van der Waals surface area (Å²) in [6.45, 7) is 0.0317. The van der Waals surface area contributed by atoms with E-state index in [1.807, 2.05) is 24.3 Å². The minimum atomic E-state index is -0.969. The zero-order valence-electron chi connectivity index (χ0n) is 11.6. The van der Waals surface area contributed by atoms with E-state index in [1.54, 1.807) is 0 Å². The Morgan fingerprint density at radius 3 is 2.86 bits per heavy atom. The highest BCUT2D eigenvalue weighted by molar-refractivity contribution is 6.08. The third kappa shape index (κ3) is 2.07. The molecule has 1 aromatic rings. The van der Waals surface area contributed by atoms with Gasteiger partial charge in [0, 0.05) is 13.0 Å². The highest BCUT2D eigenvalue weighted by Gasteiger charge is 2.53. The maximum absolute atomic E-state index is 12.8. The molecule has 21 heavy (non-hydrogen) atoms. The van der Waals surface area contributed by atoms with E-state index < -0.39 is 17.5 Å². The number of imide groups is 1. The van der Waals surface area contributed by atoms with Gasteiger partial charge in [0.1, 0.15) is 5.54 Å². The summed E-state index contributed by atoms with van der Waals surface area (Å²) in [4.78, 5) is 36.9. The van der Waals surface area contributed by atoms with E-state index in [9.17, 15) is 14.4 Å². The smallest absolute Gasteiger partial charge is 0.325 e. The number of hydrogen-bond donors (Lipinski definition) is 2. The van der Waals surface area contributed by atoms with Crippen LogP contribution in [0.25, 0.3) is 0 Å². The van der Waals surface area contributed by atoms with E-state index in [0.29, 0.717) is 6.42 Å². The summed E-state index contributed by atoms with van der Waals surface area (Å²) < 4.78 is 0. The summed E-state index contributed by atoms with van der Waals surface area (Å²) in [6.07, 6.45) is 2.31.